The first-order chi connectivity index (χ1) is 10.1. The van der Waals surface area contributed by atoms with Crippen molar-refractivity contribution in [1.82, 2.24) is 9.62 Å². The van der Waals surface area contributed by atoms with Crippen molar-refractivity contribution in [3.63, 3.8) is 0 Å². The number of hydrogen-bond donors (Lipinski definition) is 1. The second-order valence-electron chi connectivity index (χ2n) is 6.13. The Hall–Kier alpha value is -0.850. The van der Waals surface area contributed by atoms with E-state index in [4.69, 9.17) is 4.42 Å². The maximum absolute atomic E-state index is 12.6. The summed E-state index contributed by atoms with van der Waals surface area (Å²) < 4.78 is 32.2. The number of piperidine rings is 1. The zero-order valence-corrected chi connectivity index (χ0v) is 13.4. The molecule has 0 spiro atoms. The van der Waals surface area contributed by atoms with E-state index in [0.717, 1.165) is 19.3 Å². The molecule has 2 aliphatic rings. The van der Waals surface area contributed by atoms with Crippen LogP contribution in [-0.4, -0.2) is 31.9 Å². The van der Waals surface area contributed by atoms with Gasteiger partial charge in [0.25, 0.3) is 10.0 Å². The summed E-state index contributed by atoms with van der Waals surface area (Å²) in [5.41, 5.74) is 0. The van der Waals surface area contributed by atoms with E-state index in [1.165, 1.54) is 12.8 Å². The Morgan fingerprint density at radius 2 is 1.95 bits per heavy atom. The molecule has 0 radical (unpaired) electrons. The highest BCUT2D eigenvalue weighted by atomic mass is 32.2. The lowest BCUT2D eigenvalue weighted by Gasteiger charge is -2.29. The van der Waals surface area contributed by atoms with Crippen LogP contribution < -0.4 is 5.32 Å². The Morgan fingerprint density at radius 1 is 1.24 bits per heavy atom. The largest absolute Gasteiger partial charge is 0.447 e. The van der Waals surface area contributed by atoms with Crippen molar-refractivity contribution < 1.29 is 12.8 Å². The van der Waals surface area contributed by atoms with Gasteiger partial charge < -0.3 is 9.73 Å². The molecular formula is C15H24N2O3S. The van der Waals surface area contributed by atoms with Crippen molar-refractivity contribution in [1.29, 1.82) is 0 Å². The van der Waals surface area contributed by atoms with Crippen molar-refractivity contribution in [2.45, 2.75) is 56.7 Å². The zero-order chi connectivity index (χ0) is 14.9. The van der Waals surface area contributed by atoms with Gasteiger partial charge in [-0.05, 0) is 43.7 Å². The second kappa shape index (κ2) is 6.10. The highest BCUT2D eigenvalue weighted by Crippen LogP contribution is 2.26. The summed E-state index contributed by atoms with van der Waals surface area (Å²) in [6.07, 6.45) is 5.45. The van der Waals surface area contributed by atoms with Crippen LogP contribution in [0, 0.1) is 5.92 Å². The summed E-state index contributed by atoms with van der Waals surface area (Å²) in [5, 5.41) is 3.42. The molecular weight excluding hydrogens is 288 g/mol. The van der Waals surface area contributed by atoms with Gasteiger partial charge in [-0.2, -0.15) is 4.31 Å². The van der Waals surface area contributed by atoms with Crippen LogP contribution >= 0.6 is 0 Å². The van der Waals surface area contributed by atoms with Crippen molar-refractivity contribution in [2.75, 3.05) is 13.1 Å². The van der Waals surface area contributed by atoms with E-state index in [-0.39, 0.29) is 5.09 Å². The van der Waals surface area contributed by atoms with Gasteiger partial charge in [-0.15, -0.1) is 0 Å². The Balaban J connectivity index is 1.63. The molecule has 6 heteroatoms. The average molecular weight is 312 g/mol. The van der Waals surface area contributed by atoms with Gasteiger partial charge >= 0.3 is 0 Å². The minimum absolute atomic E-state index is 0.0880. The van der Waals surface area contributed by atoms with Gasteiger partial charge in [-0.1, -0.05) is 13.3 Å². The topological polar surface area (TPSA) is 62.6 Å². The molecule has 5 nitrogen and oxygen atoms in total. The summed E-state index contributed by atoms with van der Waals surface area (Å²) in [4.78, 5) is 0. The third-order valence-corrected chi connectivity index (χ3v) is 6.30. The predicted molar refractivity (Wildman–Crippen MR) is 80.3 cm³/mol. The van der Waals surface area contributed by atoms with Crippen LogP contribution in [0.1, 0.15) is 44.8 Å². The lowest BCUT2D eigenvalue weighted by molar-refractivity contribution is 0.262. The minimum Gasteiger partial charge on any atom is -0.447 e. The molecule has 1 saturated heterocycles. The Kier molecular flexibility index (Phi) is 4.38. The first-order valence-corrected chi connectivity index (χ1v) is 9.36. The summed E-state index contributed by atoms with van der Waals surface area (Å²) >= 11 is 0. The molecule has 1 aliphatic carbocycles. The quantitative estimate of drug-likeness (QED) is 0.876. The summed E-state index contributed by atoms with van der Waals surface area (Å²) in [7, 11) is -3.46. The first-order valence-electron chi connectivity index (χ1n) is 7.92. The van der Waals surface area contributed by atoms with Crippen LogP contribution in [0.15, 0.2) is 21.6 Å². The van der Waals surface area contributed by atoms with Crippen molar-refractivity contribution >= 4 is 10.0 Å². The average Bonchev–Trinajstić information content (AvgIpc) is 3.21. The maximum atomic E-state index is 12.6. The molecule has 0 bridgehead atoms. The van der Waals surface area contributed by atoms with E-state index in [1.54, 1.807) is 16.4 Å². The zero-order valence-electron chi connectivity index (χ0n) is 12.5. The predicted octanol–water partition coefficient (Wildman–Crippen LogP) is 2.34. The third kappa shape index (κ3) is 3.49. The molecule has 3 rings (SSSR count). The van der Waals surface area contributed by atoms with Crippen LogP contribution in [0.2, 0.25) is 0 Å². The monoisotopic (exact) mass is 312 g/mol. The van der Waals surface area contributed by atoms with E-state index in [2.05, 4.69) is 12.2 Å². The fourth-order valence-electron chi connectivity index (χ4n) is 2.81. The van der Waals surface area contributed by atoms with Crippen molar-refractivity contribution in [3.05, 3.63) is 17.9 Å². The first kappa shape index (κ1) is 15.1. The van der Waals surface area contributed by atoms with E-state index in [9.17, 15) is 8.42 Å². The number of nitrogens with zero attached hydrogens (tertiary/aromatic N) is 1. The Morgan fingerprint density at radius 3 is 2.57 bits per heavy atom. The van der Waals surface area contributed by atoms with Crippen LogP contribution in [0.25, 0.3) is 0 Å². The molecule has 0 aromatic carbocycles. The molecule has 1 aliphatic heterocycles. The fourth-order valence-corrected chi connectivity index (χ4v) is 4.21. The highest BCUT2D eigenvalue weighted by molar-refractivity contribution is 7.89. The van der Waals surface area contributed by atoms with Crippen LogP contribution in [0.3, 0.4) is 0 Å². The van der Waals surface area contributed by atoms with Gasteiger partial charge in [0, 0.05) is 19.1 Å². The SMILES string of the molecule is CCC1CCN(S(=O)(=O)c2ccc(CNC3CC3)o2)CC1. The molecule has 0 amide bonds. The Labute approximate surface area is 126 Å². The summed E-state index contributed by atoms with van der Waals surface area (Å²) in [5.74, 6) is 1.36. The van der Waals surface area contributed by atoms with Crippen LogP contribution in [0.5, 0.6) is 0 Å². The second-order valence-corrected chi connectivity index (χ2v) is 8.00. The smallest absolute Gasteiger partial charge is 0.276 e. The number of rotatable bonds is 6. The van der Waals surface area contributed by atoms with Crippen LogP contribution in [0.4, 0.5) is 0 Å². The summed E-state index contributed by atoms with van der Waals surface area (Å²) in [6.45, 7) is 3.99. The lowest BCUT2D eigenvalue weighted by atomic mass is 9.96. The van der Waals surface area contributed by atoms with E-state index >= 15 is 0 Å². The molecule has 1 saturated carbocycles. The molecule has 118 valence electrons. The molecule has 2 fully saturated rings. The van der Waals surface area contributed by atoms with Gasteiger partial charge in [0.05, 0.1) is 6.54 Å². The minimum atomic E-state index is -3.46. The fraction of sp³-hybridized carbons (Fsp3) is 0.733. The molecule has 21 heavy (non-hydrogen) atoms. The molecule has 0 atom stereocenters. The number of furan rings is 1. The van der Waals surface area contributed by atoms with E-state index < -0.39 is 10.0 Å². The van der Waals surface area contributed by atoms with Crippen molar-refractivity contribution in [2.24, 2.45) is 5.92 Å². The van der Waals surface area contributed by atoms with Gasteiger partial charge in [0.1, 0.15) is 5.76 Å². The molecule has 1 aromatic heterocycles. The van der Waals surface area contributed by atoms with Crippen molar-refractivity contribution in [3.8, 4) is 0 Å². The van der Waals surface area contributed by atoms with Gasteiger partial charge in [0.15, 0.2) is 0 Å². The van der Waals surface area contributed by atoms with Gasteiger partial charge in [-0.25, -0.2) is 8.42 Å². The third-order valence-electron chi connectivity index (χ3n) is 4.52. The highest BCUT2D eigenvalue weighted by Gasteiger charge is 2.31. The molecule has 1 N–H and O–H groups in total. The molecule has 0 unspecified atom stereocenters. The van der Waals surface area contributed by atoms with E-state index in [1.807, 2.05) is 0 Å². The normalized spacial score (nSPS) is 21.8. The standard InChI is InChI=1S/C15H24N2O3S/c1-2-12-7-9-17(10-8-12)21(18,19)15-6-5-14(20-15)11-16-13-3-4-13/h5-6,12-13,16H,2-4,7-11H2,1H3. The lowest BCUT2D eigenvalue weighted by Crippen LogP contribution is -2.38. The Bertz CT molecular complexity index is 569. The number of hydrogen-bond acceptors (Lipinski definition) is 4. The van der Waals surface area contributed by atoms with Crippen LogP contribution in [-0.2, 0) is 16.6 Å². The molecule has 1 aromatic rings. The van der Waals surface area contributed by atoms with Gasteiger partial charge in [0.2, 0.25) is 5.09 Å². The summed E-state index contributed by atoms with van der Waals surface area (Å²) in [6, 6.07) is 3.94. The van der Waals surface area contributed by atoms with E-state index in [0.29, 0.717) is 37.4 Å². The van der Waals surface area contributed by atoms with Gasteiger partial charge in [-0.3, -0.25) is 0 Å². The molecule has 2 heterocycles. The number of nitrogens with one attached hydrogen (secondary N) is 1. The maximum Gasteiger partial charge on any atom is 0.276 e. The number of sulfonamides is 1.